The fourth-order valence-electron chi connectivity index (χ4n) is 1.79. The van der Waals surface area contributed by atoms with E-state index in [9.17, 15) is 8.42 Å². The van der Waals surface area contributed by atoms with Crippen LogP contribution in [-0.2, 0) is 16.4 Å². The summed E-state index contributed by atoms with van der Waals surface area (Å²) in [6.45, 7) is 4.45. The molecule has 0 radical (unpaired) electrons. The number of sulfone groups is 1. The third-order valence-electron chi connectivity index (χ3n) is 2.71. The Morgan fingerprint density at radius 1 is 1.56 bits per heavy atom. The quantitative estimate of drug-likeness (QED) is 0.711. The van der Waals surface area contributed by atoms with E-state index < -0.39 is 9.84 Å². The van der Waals surface area contributed by atoms with Gasteiger partial charge in [0.05, 0.1) is 18.1 Å². The number of nitrogens with zero attached hydrogens (tertiary/aromatic N) is 4. The molecule has 1 aromatic rings. The maximum absolute atomic E-state index is 11.4. The Bertz CT molecular complexity index is 487. The summed E-state index contributed by atoms with van der Waals surface area (Å²) in [4.78, 5) is 0. The first kappa shape index (κ1) is 13.8. The Morgan fingerprint density at radius 2 is 2.39 bits per heavy atom. The Hall–Kier alpha value is -0.670. The summed E-state index contributed by atoms with van der Waals surface area (Å²) >= 11 is 1.46. The average molecular weight is 291 g/mol. The van der Waals surface area contributed by atoms with Gasteiger partial charge >= 0.3 is 0 Å². The molecule has 2 rings (SSSR count). The molecular formula is C9H17N5O2S2. The van der Waals surface area contributed by atoms with Gasteiger partial charge in [-0.3, -0.25) is 0 Å². The minimum absolute atomic E-state index is 0.0823. The van der Waals surface area contributed by atoms with Gasteiger partial charge in [0.2, 0.25) is 5.16 Å². The van der Waals surface area contributed by atoms with Crippen molar-refractivity contribution in [2.75, 3.05) is 24.6 Å². The lowest BCUT2D eigenvalue weighted by Gasteiger charge is -2.07. The third kappa shape index (κ3) is 3.66. The summed E-state index contributed by atoms with van der Waals surface area (Å²) in [5.41, 5.74) is 0. The van der Waals surface area contributed by atoms with Crippen LogP contribution >= 0.6 is 11.8 Å². The first-order valence-corrected chi connectivity index (χ1v) is 8.65. The van der Waals surface area contributed by atoms with Crippen molar-refractivity contribution in [3.05, 3.63) is 0 Å². The molecule has 0 aromatic carbocycles. The second kappa shape index (κ2) is 5.98. The van der Waals surface area contributed by atoms with Crippen LogP contribution in [0, 0.1) is 0 Å². The van der Waals surface area contributed by atoms with Crippen LogP contribution in [-0.4, -0.2) is 58.5 Å². The van der Waals surface area contributed by atoms with E-state index in [0.717, 1.165) is 13.1 Å². The molecule has 0 bridgehead atoms. The van der Waals surface area contributed by atoms with E-state index >= 15 is 0 Å². The summed E-state index contributed by atoms with van der Waals surface area (Å²) in [6, 6.07) is 0. The van der Waals surface area contributed by atoms with Crippen molar-refractivity contribution in [1.29, 1.82) is 0 Å². The molecule has 1 unspecified atom stereocenters. The predicted octanol–water partition coefficient (Wildman–Crippen LogP) is -0.438. The number of hydrogen-bond donors (Lipinski definition) is 1. The van der Waals surface area contributed by atoms with E-state index in [2.05, 4.69) is 20.8 Å². The van der Waals surface area contributed by atoms with Crippen molar-refractivity contribution in [1.82, 2.24) is 25.5 Å². The summed E-state index contributed by atoms with van der Waals surface area (Å²) in [5.74, 6) is 0.515. The molecule has 0 saturated carbocycles. The van der Waals surface area contributed by atoms with E-state index in [1.165, 1.54) is 11.8 Å². The molecule has 1 saturated heterocycles. The van der Waals surface area contributed by atoms with Crippen LogP contribution in [0.5, 0.6) is 0 Å². The number of likely N-dealkylation sites (N-methyl/N-ethyl adjacent to an activating group) is 1. The molecule has 9 heteroatoms. The van der Waals surface area contributed by atoms with Gasteiger partial charge in [-0.2, -0.15) is 0 Å². The Labute approximate surface area is 111 Å². The fraction of sp³-hybridized carbons (Fsp3) is 0.889. The van der Waals surface area contributed by atoms with Crippen molar-refractivity contribution < 1.29 is 8.42 Å². The minimum Gasteiger partial charge on any atom is -0.315 e. The summed E-state index contributed by atoms with van der Waals surface area (Å²) < 4.78 is 24.5. The Balaban J connectivity index is 1.91. The lowest BCUT2D eigenvalue weighted by Crippen LogP contribution is -2.20. The van der Waals surface area contributed by atoms with Crippen molar-refractivity contribution in [3.8, 4) is 0 Å². The molecule has 18 heavy (non-hydrogen) atoms. The van der Waals surface area contributed by atoms with Gasteiger partial charge < -0.3 is 5.32 Å². The first-order valence-electron chi connectivity index (χ1n) is 5.94. The smallest absolute Gasteiger partial charge is 0.209 e. The van der Waals surface area contributed by atoms with Crippen LogP contribution < -0.4 is 5.32 Å². The topological polar surface area (TPSA) is 89.8 Å². The van der Waals surface area contributed by atoms with Crippen molar-refractivity contribution in [2.45, 2.75) is 30.3 Å². The number of aromatic nitrogens is 4. The SMILES string of the molecule is CCNCCn1nnnc1SC1CCS(=O)(=O)C1. The number of nitrogens with one attached hydrogen (secondary N) is 1. The highest BCUT2D eigenvalue weighted by atomic mass is 32.2. The summed E-state index contributed by atoms with van der Waals surface area (Å²) in [7, 11) is -2.84. The van der Waals surface area contributed by atoms with E-state index in [4.69, 9.17) is 0 Å². The molecule has 7 nitrogen and oxygen atoms in total. The van der Waals surface area contributed by atoms with Gasteiger partial charge in [-0.15, -0.1) is 5.10 Å². The van der Waals surface area contributed by atoms with Crippen LogP contribution in [0.1, 0.15) is 13.3 Å². The standard InChI is InChI=1S/C9H17N5O2S2/c1-2-10-4-5-14-9(11-12-13-14)17-8-3-6-18(15,16)7-8/h8,10H,2-7H2,1H3. The fourth-order valence-corrected chi connectivity index (χ4v) is 5.24. The maximum Gasteiger partial charge on any atom is 0.209 e. The van der Waals surface area contributed by atoms with Gasteiger partial charge in [-0.05, 0) is 23.4 Å². The normalized spacial score (nSPS) is 22.4. The Kier molecular flexibility index (Phi) is 4.57. The number of thioether (sulfide) groups is 1. The molecule has 1 N–H and O–H groups in total. The molecule has 1 fully saturated rings. The zero-order valence-corrected chi connectivity index (χ0v) is 11.9. The lowest BCUT2D eigenvalue weighted by molar-refractivity contribution is 0.517. The maximum atomic E-state index is 11.4. The van der Waals surface area contributed by atoms with Gasteiger partial charge in [0.1, 0.15) is 0 Å². The van der Waals surface area contributed by atoms with E-state index in [-0.39, 0.29) is 16.8 Å². The number of rotatable bonds is 6. The molecule has 102 valence electrons. The highest BCUT2D eigenvalue weighted by Crippen LogP contribution is 2.28. The monoisotopic (exact) mass is 291 g/mol. The molecule has 0 spiro atoms. The molecule has 2 heterocycles. The highest BCUT2D eigenvalue weighted by Gasteiger charge is 2.29. The van der Waals surface area contributed by atoms with Crippen molar-refractivity contribution in [2.24, 2.45) is 0 Å². The molecule has 0 amide bonds. The van der Waals surface area contributed by atoms with Gasteiger partial charge in [0.25, 0.3) is 0 Å². The largest absolute Gasteiger partial charge is 0.315 e. The third-order valence-corrected chi connectivity index (χ3v) is 5.93. The van der Waals surface area contributed by atoms with Gasteiger partial charge in [-0.25, -0.2) is 13.1 Å². The number of hydrogen-bond acceptors (Lipinski definition) is 7. The summed E-state index contributed by atoms with van der Waals surface area (Å²) in [6.07, 6.45) is 0.688. The van der Waals surface area contributed by atoms with Crippen molar-refractivity contribution >= 4 is 21.6 Å². The van der Waals surface area contributed by atoms with Crippen LogP contribution in [0.3, 0.4) is 0 Å². The van der Waals surface area contributed by atoms with Crippen molar-refractivity contribution in [3.63, 3.8) is 0 Å². The molecule has 1 aromatic heterocycles. The summed E-state index contributed by atoms with van der Waals surface area (Å²) in [5, 5.41) is 15.5. The van der Waals surface area contributed by atoms with Crippen LogP contribution in [0.25, 0.3) is 0 Å². The molecule has 1 aliphatic heterocycles. The van der Waals surface area contributed by atoms with E-state index in [1.54, 1.807) is 4.68 Å². The van der Waals surface area contributed by atoms with Gasteiger partial charge in [-0.1, -0.05) is 18.7 Å². The van der Waals surface area contributed by atoms with Crippen LogP contribution in [0.4, 0.5) is 0 Å². The zero-order chi connectivity index (χ0) is 13.0. The van der Waals surface area contributed by atoms with Crippen LogP contribution in [0.2, 0.25) is 0 Å². The number of tetrazole rings is 1. The van der Waals surface area contributed by atoms with E-state index in [0.29, 0.717) is 18.1 Å². The Morgan fingerprint density at radius 3 is 3.06 bits per heavy atom. The van der Waals surface area contributed by atoms with Crippen LogP contribution in [0.15, 0.2) is 5.16 Å². The second-order valence-electron chi connectivity index (χ2n) is 4.18. The van der Waals surface area contributed by atoms with Gasteiger partial charge in [0.15, 0.2) is 9.84 Å². The highest BCUT2D eigenvalue weighted by molar-refractivity contribution is 8.01. The first-order chi connectivity index (χ1) is 8.61. The predicted molar refractivity (Wildman–Crippen MR) is 69.3 cm³/mol. The minimum atomic E-state index is -2.84. The lowest BCUT2D eigenvalue weighted by atomic mass is 10.4. The molecular weight excluding hydrogens is 274 g/mol. The molecule has 1 aliphatic rings. The zero-order valence-electron chi connectivity index (χ0n) is 10.2. The van der Waals surface area contributed by atoms with Gasteiger partial charge in [0, 0.05) is 11.8 Å². The molecule has 1 atom stereocenters. The average Bonchev–Trinajstić information content (AvgIpc) is 2.87. The molecule has 0 aliphatic carbocycles. The second-order valence-corrected chi connectivity index (χ2v) is 7.68. The van der Waals surface area contributed by atoms with E-state index in [1.807, 2.05) is 6.92 Å².